The predicted octanol–water partition coefficient (Wildman–Crippen LogP) is 4.10. The van der Waals surface area contributed by atoms with E-state index in [1.807, 2.05) is 6.92 Å². The molecule has 1 saturated heterocycles. The van der Waals surface area contributed by atoms with Crippen LogP contribution in [0.1, 0.15) is 39.5 Å². The molecule has 1 fully saturated rings. The molecule has 1 unspecified atom stereocenters. The molecule has 4 rings (SSSR count). The van der Waals surface area contributed by atoms with Gasteiger partial charge in [-0.2, -0.15) is 13.2 Å². The lowest BCUT2D eigenvalue weighted by Crippen LogP contribution is -2.58. The average molecular weight is 506 g/mol. The number of ether oxygens (including phenoxy) is 1. The van der Waals surface area contributed by atoms with E-state index in [0.717, 1.165) is 17.3 Å². The molecule has 2 aromatic carbocycles. The molecular weight excluding hydrogens is 478 g/mol. The molecule has 0 aromatic heterocycles. The number of benzene rings is 2. The lowest BCUT2D eigenvalue weighted by molar-refractivity contribution is -0.138. The number of carbonyl (C=O) groups excluding carboxylic acids is 1. The van der Waals surface area contributed by atoms with Crippen molar-refractivity contribution in [2.24, 2.45) is 0 Å². The lowest BCUT2D eigenvalue weighted by Gasteiger charge is -2.45. The van der Waals surface area contributed by atoms with Crippen molar-refractivity contribution in [1.82, 2.24) is 10.2 Å². The Morgan fingerprint density at radius 3 is 2.61 bits per heavy atom. The Kier molecular flexibility index (Phi) is 6.89. The maximum atomic E-state index is 15.5. The van der Waals surface area contributed by atoms with Crippen LogP contribution in [0.2, 0.25) is 0 Å². The number of halogens is 4. The Bertz CT molecular complexity index is 1200. The Labute approximate surface area is 206 Å². The van der Waals surface area contributed by atoms with Crippen LogP contribution < -0.4 is 10.2 Å². The largest absolute Gasteiger partial charge is 0.416 e. The Morgan fingerprint density at radius 2 is 2.03 bits per heavy atom. The highest BCUT2D eigenvalue weighted by molar-refractivity contribution is 6.10. The van der Waals surface area contributed by atoms with Crippen LogP contribution in [0.15, 0.2) is 36.4 Å². The van der Waals surface area contributed by atoms with Crippen LogP contribution in [0, 0.1) is 10.8 Å². The van der Waals surface area contributed by atoms with Crippen LogP contribution in [-0.2, 0) is 29.4 Å². The summed E-state index contributed by atoms with van der Waals surface area (Å²) in [6.45, 7) is 2.33. The van der Waals surface area contributed by atoms with Crippen LogP contribution in [-0.4, -0.2) is 56.0 Å². The molecule has 192 valence electrons. The summed E-state index contributed by atoms with van der Waals surface area (Å²) in [5.74, 6) is -0.968. The van der Waals surface area contributed by atoms with Crippen molar-refractivity contribution in [1.29, 1.82) is 10.8 Å². The molecule has 11 heteroatoms. The Balaban J connectivity index is 1.70. The zero-order chi connectivity index (χ0) is 26.3. The second kappa shape index (κ2) is 9.62. The van der Waals surface area contributed by atoms with E-state index < -0.39 is 35.1 Å². The number of nitrogens with one attached hydrogen (secondary N) is 3. The highest BCUT2D eigenvalue weighted by atomic mass is 19.4. The average Bonchev–Trinajstić information content (AvgIpc) is 3.16. The third kappa shape index (κ3) is 4.37. The van der Waals surface area contributed by atoms with Crippen molar-refractivity contribution in [3.8, 4) is 0 Å². The van der Waals surface area contributed by atoms with Crippen molar-refractivity contribution < 1.29 is 27.1 Å². The van der Waals surface area contributed by atoms with Crippen LogP contribution in [0.5, 0.6) is 0 Å². The minimum atomic E-state index is -4.62. The van der Waals surface area contributed by atoms with Crippen molar-refractivity contribution in [2.45, 2.75) is 37.8 Å². The van der Waals surface area contributed by atoms with E-state index in [9.17, 15) is 18.0 Å². The number of carbonyl (C=O) groups is 1. The number of hydrogen-bond donors (Lipinski definition) is 3. The fourth-order valence-electron chi connectivity index (χ4n) is 4.58. The van der Waals surface area contributed by atoms with Gasteiger partial charge in [-0.15, -0.1) is 0 Å². The number of alkyl halides is 4. The summed E-state index contributed by atoms with van der Waals surface area (Å²) in [7, 11) is 1.40. The minimum Gasteiger partial charge on any atom is -0.379 e. The van der Waals surface area contributed by atoms with E-state index in [0.29, 0.717) is 23.4 Å². The minimum absolute atomic E-state index is 0.00238. The topological polar surface area (TPSA) is 92.5 Å². The van der Waals surface area contributed by atoms with Gasteiger partial charge in [-0.25, -0.2) is 4.39 Å². The number of nitrogens with zero attached hydrogens (tertiary/aromatic N) is 2. The van der Waals surface area contributed by atoms with Gasteiger partial charge in [0, 0.05) is 24.8 Å². The van der Waals surface area contributed by atoms with Gasteiger partial charge in [0.1, 0.15) is 5.84 Å². The van der Waals surface area contributed by atoms with Crippen LogP contribution in [0.25, 0.3) is 0 Å². The number of rotatable bonds is 8. The van der Waals surface area contributed by atoms with Crippen LogP contribution in [0.3, 0.4) is 0 Å². The van der Waals surface area contributed by atoms with Gasteiger partial charge in [-0.1, -0.05) is 19.1 Å². The van der Waals surface area contributed by atoms with E-state index >= 15 is 4.39 Å². The third-order valence-corrected chi connectivity index (χ3v) is 6.74. The quantitative estimate of drug-likeness (QED) is 0.286. The summed E-state index contributed by atoms with van der Waals surface area (Å²) in [6.07, 6.45) is -5.58. The number of amides is 1. The molecule has 3 N–H and O–H groups in total. The molecule has 0 spiro atoms. The van der Waals surface area contributed by atoms with E-state index in [4.69, 9.17) is 15.6 Å². The smallest absolute Gasteiger partial charge is 0.379 e. The monoisotopic (exact) mass is 505 g/mol. The van der Waals surface area contributed by atoms with E-state index in [1.54, 1.807) is 24.3 Å². The number of anilines is 1. The first-order valence-electron chi connectivity index (χ1n) is 11.4. The summed E-state index contributed by atoms with van der Waals surface area (Å²) in [6, 6.07) is 9.00. The van der Waals surface area contributed by atoms with E-state index in [-0.39, 0.29) is 37.4 Å². The summed E-state index contributed by atoms with van der Waals surface area (Å²) in [5.41, 5.74) is -0.951. The molecule has 2 aliphatic heterocycles. The molecule has 2 aromatic rings. The van der Waals surface area contributed by atoms with E-state index in [1.165, 1.54) is 18.0 Å². The SMILES string of the molecule is CCNCc1cc2c(c(C(F)(F)F)c1)CN(c1cccc(C3(C(F)C(=N)N(C)C=N)COC3)c1)C2=O. The summed E-state index contributed by atoms with van der Waals surface area (Å²) >= 11 is 0. The summed E-state index contributed by atoms with van der Waals surface area (Å²) < 4.78 is 62.4. The first-order chi connectivity index (χ1) is 17.0. The molecule has 1 atom stereocenters. The Hall–Kier alpha value is -3.31. The molecule has 7 nitrogen and oxygen atoms in total. The normalized spacial score (nSPS) is 17.4. The van der Waals surface area contributed by atoms with Gasteiger partial charge in [0.05, 0.1) is 37.1 Å². The van der Waals surface area contributed by atoms with Crippen LogP contribution in [0.4, 0.5) is 23.2 Å². The molecule has 36 heavy (non-hydrogen) atoms. The van der Waals surface area contributed by atoms with Gasteiger partial charge in [0.25, 0.3) is 5.91 Å². The molecule has 2 heterocycles. The second-order valence-electron chi connectivity index (χ2n) is 9.03. The van der Waals surface area contributed by atoms with E-state index in [2.05, 4.69) is 5.32 Å². The standard InChI is InChI=1S/C25H27F4N5O2/c1-3-32-10-15-7-18-19(20(8-15)25(27,28)29)11-34(23(18)35)17-6-4-5-16(9-17)24(12-36-13-24)21(26)22(31)33(2)14-30/h4-9,14,21,30-32H,3,10-13H2,1-2H3. The van der Waals surface area contributed by atoms with Crippen molar-refractivity contribution in [3.05, 3.63) is 64.2 Å². The molecule has 1 amide bonds. The van der Waals surface area contributed by atoms with Crippen molar-refractivity contribution in [3.63, 3.8) is 0 Å². The summed E-state index contributed by atoms with van der Waals surface area (Å²) in [5, 5.41) is 18.4. The third-order valence-electron chi connectivity index (χ3n) is 6.74. The highest BCUT2D eigenvalue weighted by Crippen LogP contribution is 2.42. The number of fused-ring (bicyclic) bond motifs is 1. The first-order valence-corrected chi connectivity index (χ1v) is 11.4. The fraction of sp³-hybridized carbons (Fsp3) is 0.400. The van der Waals surface area contributed by atoms with Gasteiger partial charge in [-0.3, -0.25) is 15.6 Å². The van der Waals surface area contributed by atoms with Crippen LogP contribution >= 0.6 is 0 Å². The fourth-order valence-corrected chi connectivity index (χ4v) is 4.58. The van der Waals surface area contributed by atoms with Crippen molar-refractivity contribution in [2.75, 3.05) is 31.7 Å². The second-order valence-corrected chi connectivity index (χ2v) is 9.03. The van der Waals surface area contributed by atoms with Gasteiger partial charge in [-0.05, 0) is 47.5 Å². The van der Waals surface area contributed by atoms with Gasteiger partial charge < -0.3 is 19.9 Å². The zero-order valence-corrected chi connectivity index (χ0v) is 19.9. The van der Waals surface area contributed by atoms with Gasteiger partial charge in [0.2, 0.25) is 0 Å². The summed E-state index contributed by atoms with van der Waals surface area (Å²) in [4.78, 5) is 15.6. The molecular formula is C25H27F4N5O2. The molecule has 0 saturated carbocycles. The molecule has 0 aliphatic carbocycles. The maximum absolute atomic E-state index is 15.5. The highest BCUT2D eigenvalue weighted by Gasteiger charge is 2.51. The molecule has 0 bridgehead atoms. The predicted molar refractivity (Wildman–Crippen MR) is 127 cm³/mol. The van der Waals surface area contributed by atoms with Gasteiger partial charge in [0.15, 0.2) is 6.17 Å². The zero-order valence-electron chi connectivity index (χ0n) is 19.9. The molecule has 2 aliphatic rings. The Morgan fingerprint density at radius 1 is 1.31 bits per heavy atom. The first kappa shape index (κ1) is 25.8. The maximum Gasteiger partial charge on any atom is 0.416 e. The lowest BCUT2D eigenvalue weighted by atomic mass is 9.73. The van der Waals surface area contributed by atoms with Crippen molar-refractivity contribution >= 4 is 23.8 Å². The molecule has 0 radical (unpaired) electrons. The number of hydrogen-bond acceptors (Lipinski definition) is 5. The van der Waals surface area contributed by atoms with Gasteiger partial charge >= 0.3 is 6.18 Å². The number of amidine groups is 1.